The minimum Gasteiger partial charge on any atom is -0.318 e. The fraction of sp³-hybridized carbons (Fsp3) is 1.00. The molecule has 80 valence electrons. The van der Waals surface area contributed by atoms with E-state index in [1.54, 1.807) is 4.72 Å². The van der Waals surface area contributed by atoms with Crippen molar-refractivity contribution in [2.24, 2.45) is 0 Å². The first-order chi connectivity index (χ1) is 5.87. The van der Waals surface area contributed by atoms with Crippen LogP contribution in [0.3, 0.4) is 0 Å². The van der Waals surface area contributed by atoms with Crippen molar-refractivity contribution in [3.8, 4) is 0 Å². The third-order valence-electron chi connectivity index (χ3n) is 1.22. The van der Waals surface area contributed by atoms with Gasteiger partial charge in [-0.15, -0.1) is 0 Å². The summed E-state index contributed by atoms with van der Waals surface area (Å²) in [4.78, 5) is 0. The van der Waals surface area contributed by atoms with Gasteiger partial charge in [-0.1, -0.05) is 0 Å². The van der Waals surface area contributed by atoms with Gasteiger partial charge < -0.3 is 5.32 Å². The highest BCUT2D eigenvalue weighted by Crippen LogP contribution is 2.20. The zero-order chi connectivity index (χ0) is 10.5. The van der Waals surface area contributed by atoms with Crippen LogP contribution in [-0.2, 0) is 10.0 Å². The molecule has 0 aliphatic rings. The molecule has 0 aromatic rings. The van der Waals surface area contributed by atoms with E-state index in [9.17, 15) is 21.6 Å². The summed E-state index contributed by atoms with van der Waals surface area (Å²) in [7, 11) is -3.35. The summed E-state index contributed by atoms with van der Waals surface area (Å²) in [5.74, 6) is 0. The quantitative estimate of drug-likeness (QED) is 0.603. The fourth-order valence-electron chi connectivity index (χ4n) is 0.488. The van der Waals surface area contributed by atoms with Gasteiger partial charge in [0.05, 0.1) is 0 Å². The van der Waals surface area contributed by atoms with Crippen LogP contribution in [0, 0.1) is 0 Å². The van der Waals surface area contributed by atoms with Crippen molar-refractivity contribution in [3.63, 3.8) is 0 Å². The van der Waals surface area contributed by atoms with Crippen LogP contribution in [0.2, 0.25) is 0 Å². The average molecular weight is 220 g/mol. The lowest BCUT2D eigenvalue weighted by Gasteiger charge is -2.13. The number of halogens is 3. The Kier molecular flexibility index (Phi) is 4.65. The highest BCUT2D eigenvalue weighted by atomic mass is 32.2. The Bertz CT molecular complexity index is 242. The van der Waals surface area contributed by atoms with Crippen LogP contribution < -0.4 is 10.0 Å². The largest absolute Gasteiger partial charge is 0.386 e. The molecule has 0 bridgehead atoms. The first-order valence-electron chi connectivity index (χ1n) is 3.45. The molecule has 8 heteroatoms. The molecule has 4 nitrogen and oxygen atoms in total. The number of hydrogen-bond acceptors (Lipinski definition) is 3. The van der Waals surface area contributed by atoms with Crippen LogP contribution in [0.5, 0.6) is 0 Å². The maximum absolute atomic E-state index is 12.3. The second-order valence-corrected chi connectivity index (χ2v) is 4.17. The molecule has 0 aromatic carbocycles. The topological polar surface area (TPSA) is 58.2 Å². The molecule has 0 fully saturated rings. The predicted molar refractivity (Wildman–Crippen MR) is 41.8 cm³/mol. The van der Waals surface area contributed by atoms with Crippen LogP contribution in [-0.4, -0.2) is 40.5 Å². The molecule has 0 heterocycles. The molecule has 0 aliphatic heterocycles. The van der Waals surface area contributed by atoms with Crippen LogP contribution in [0.1, 0.15) is 0 Å². The van der Waals surface area contributed by atoms with E-state index in [0.717, 1.165) is 0 Å². The maximum atomic E-state index is 12.3. The van der Waals surface area contributed by atoms with E-state index in [1.807, 2.05) is 0 Å². The zero-order valence-electron chi connectivity index (χ0n) is 6.98. The van der Waals surface area contributed by atoms with Gasteiger partial charge in [0.1, 0.15) is 0 Å². The third kappa shape index (κ3) is 3.49. The molecule has 2 N–H and O–H groups in total. The zero-order valence-corrected chi connectivity index (χ0v) is 7.80. The third-order valence-corrected chi connectivity index (χ3v) is 2.70. The molecular weight excluding hydrogens is 209 g/mol. The van der Waals surface area contributed by atoms with Gasteiger partial charge in [-0.3, -0.25) is 0 Å². The van der Waals surface area contributed by atoms with E-state index in [2.05, 4.69) is 5.32 Å². The van der Waals surface area contributed by atoms with Gasteiger partial charge in [0, 0.05) is 13.1 Å². The monoisotopic (exact) mass is 220 g/mol. The minimum absolute atomic E-state index is 0.196. The molecule has 0 atom stereocenters. The Labute approximate surface area is 74.6 Å². The molecule has 0 spiro atoms. The summed E-state index contributed by atoms with van der Waals surface area (Å²) in [6.07, 6.45) is 0. The Hall–Kier alpha value is -0.340. The smallest absolute Gasteiger partial charge is 0.318 e. The number of alkyl halides is 3. The van der Waals surface area contributed by atoms with Crippen molar-refractivity contribution in [3.05, 3.63) is 0 Å². The summed E-state index contributed by atoms with van der Waals surface area (Å²) in [6.45, 7) is -2.22. The van der Waals surface area contributed by atoms with Crippen LogP contribution in [0.4, 0.5) is 13.2 Å². The van der Waals surface area contributed by atoms with E-state index in [0.29, 0.717) is 0 Å². The molecule has 0 saturated heterocycles. The van der Waals surface area contributed by atoms with Gasteiger partial charge in [-0.05, 0) is 7.05 Å². The van der Waals surface area contributed by atoms with Gasteiger partial charge in [0.15, 0.2) is 6.67 Å². The number of sulfonamides is 1. The summed E-state index contributed by atoms with van der Waals surface area (Å²) in [6, 6.07) is 0. The SMILES string of the molecule is CNCCNS(=O)(=O)C(F)(F)CF. The van der Waals surface area contributed by atoms with Gasteiger partial charge in [-0.2, -0.15) is 8.78 Å². The standard InChI is InChI=1S/C5H11F3N2O2S/c1-9-2-3-10-13(11,12)5(7,8)4-6/h9-10H,2-4H2,1H3. The lowest BCUT2D eigenvalue weighted by molar-refractivity contribution is 0.0606. The number of nitrogens with one attached hydrogen (secondary N) is 2. The molecule has 0 aliphatic carbocycles. The fourth-order valence-corrected chi connectivity index (χ4v) is 1.21. The summed E-state index contributed by atoms with van der Waals surface area (Å²) in [5.41, 5.74) is 0. The maximum Gasteiger partial charge on any atom is 0.386 e. The van der Waals surface area contributed by atoms with Crippen molar-refractivity contribution in [1.82, 2.24) is 10.0 Å². The highest BCUT2D eigenvalue weighted by Gasteiger charge is 2.44. The van der Waals surface area contributed by atoms with Crippen molar-refractivity contribution < 1.29 is 21.6 Å². The summed E-state index contributed by atoms with van der Waals surface area (Å²) in [5, 5.41) is -1.80. The van der Waals surface area contributed by atoms with Crippen LogP contribution in [0.15, 0.2) is 0 Å². The van der Waals surface area contributed by atoms with E-state index >= 15 is 0 Å². The second kappa shape index (κ2) is 4.77. The molecule has 0 radical (unpaired) electrons. The van der Waals surface area contributed by atoms with Crippen molar-refractivity contribution in [1.29, 1.82) is 0 Å². The predicted octanol–water partition coefficient (Wildman–Crippen LogP) is -0.313. The van der Waals surface area contributed by atoms with Gasteiger partial charge in [-0.25, -0.2) is 17.5 Å². The normalized spacial score (nSPS) is 13.2. The van der Waals surface area contributed by atoms with E-state index < -0.39 is 22.0 Å². The molecule has 0 unspecified atom stereocenters. The summed E-state index contributed by atoms with van der Waals surface area (Å²) >= 11 is 0. The van der Waals surface area contributed by atoms with Gasteiger partial charge in [0.25, 0.3) is 10.0 Å². The second-order valence-electron chi connectivity index (χ2n) is 2.27. The highest BCUT2D eigenvalue weighted by molar-refractivity contribution is 7.90. The number of hydrogen-bond donors (Lipinski definition) is 2. The molecule has 0 amide bonds. The van der Waals surface area contributed by atoms with E-state index in [-0.39, 0.29) is 13.1 Å². The lowest BCUT2D eigenvalue weighted by Crippen LogP contribution is -2.43. The van der Waals surface area contributed by atoms with E-state index in [4.69, 9.17) is 0 Å². The average Bonchev–Trinajstić information content (AvgIpc) is 2.04. The van der Waals surface area contributed by atoms with Gasteiger partial charge >= 0.3 is 5.25 Å². The van der Waals surface area contributed by atoms with Crippen LogP contribution in [0.25, 0.3) is 0 Å². The lowest BCUT2D eigenvalue weighted by atomic mass is 10.7. The Morgan fingerprint density at radius 1 is 1.31 bits per heavy atom. The van der Waals surface area contributed by atoms with Crippen LogP contribution >= 0.6 is 0 Å². The van der Waals surface area contributed by atoms with Crippen molar-refractivity contribution >= 4 is 10.0 Å². The van der Waals surface area contributed by atoms with Crippen molar-refractivity contribution in [2.75, 3.05) is 26.8 Å². The number of likely N-dealkylation sites (N-methyl/N-ethyl adjacent to an activating group) is 1. The Morgan fingerprint density at radius 2 is 1.85 bits per heavy atom. The Balaban J connectivity index is 4.24. The first kappa shape index (κ1) is 12.7. The Morgan fingerprint density at radius 3 is 2.23 bits per heavy atom. The van der Waals surface area contributed by atoms with Gasteiger partial charge in [0.2, 0.25) is 0 Å². The summed E-state index contributed by atoms with van der Waals surface area (Å²) < 4.78 is 59.0. The number of rotatable bonds is 6. The molecular formula is C5H11F3N2O2S. The first-order valence-corrected chi connectivity index (χ1v) is 4.93. The molecule has 0 saturated carbocycles. The van der Waals surface area contributed by atoms with E-state index in [1.165, 1.54) is 7.05 Å². The molecule has 13 heavy (non-hydrogen) atoms. The molecule has 0 aromatic heterocycles. The van der Waals surface area contributed by atoms with Crippen molar-refractivity contribution in [2.45, 2.75) is 5.25 Å². The minimum atomic E-state index is -4.88. The molecule has 0 rings (SSSR count).